The van der Waals surface area contributed by atoms with Crippen LogP contribution < -0.4 is 4.90 Å². The van der Waals surface area contributed by atoms with Gasteiger partial charge in [-0.05, 0) is 48.1 Å². The lowest BCUT2D eigenvalue weighted by molar-refractivity contribution is -0.119. The summed E-state index contributed by atoms with van der Waals surface area (Å²) >= 11 is 5.64. The third-order valence-corrected chi connectivity index (χ3v) is 5.91. The van der Waals surface area contributed by atoms with Gasteiger partial charge < -0.3 is 14.6 Å². The Hall–Kier alpha value is -3.19. The number of fused-ring (bicyclic) bond motifs is 4. The van der Waals surface area contributed by atoms with E-state index in [1.807, 2.05) is 23.1 Å². The summed E-state index contributed by atoms with van der Waals surface area (Å²) in [6, 6.07) is 14.6. The highest BCUT2D eigenvalue weighted by atomic mass is 32.1. The van der Waals surface area contributed by atoms with Crippen molar-refractivity contribution in [2.75, 3.05) is 12.0 Å². The van der Waals surface area contributed by atoms with Gasteiger partial charge in [-0.25, -0.2) is 4.79 Å². The molecule has 1 saturated heterocycles. The lowest BCUT2D eigenvalue weighted by atomic mass is 9.97. The second kappa shape index (κ2) is 6.17. The Morgan fingerprint density at radius 1 is 1.18 bits per heavy atom. The molecule has 2 aromatic carbocycles. The van der Waals surface area contributed by atoms with Crippen LogP contribution in [0, 0.1) is 0 Å². The first kappa shape index (κ1) is 16.9. The van der Waals surface area contributed by atoms with Crippen molar-refractivity contribution in [3.8, 4) is 0 Å². The molecule has 5 rings (SSSR count). The Morgan fingerprint density at radius 2 is 1.93 bits per heavy atom. The van der Waals surface area contributed by atoms with E-state index in [2.05, 4.69) is 11.1 Å². The van der Waals surface area contributed by atoms with Crippen LogP contribution in [0.15, 0.2) is 48.5 Å². The third kappa shape index (κ3) is 2.36. The zero-order valence-corrected chi connectivity index (χ0v) is 16.0. The molecule has 0 radical (unpaired) electrons. The summed E-state index contributed by atoms with van der Waals surface area (Å²) in [4.78, 5) is 31.8. The molecule has 0 spiro atoms. The van der Waals surface area contributed by atoms with E-state index in [0.29, 0.717) is 29.3 Å². The molecule has 6 nitrogen and oxygen atoms in total. The van der Waals surface area contributed by atoms with Gasteiger partial charge in [0.1, 0.15) is 6.04 Å². The van der Waals surface area contributed by atoms with Crippen molar-refractivity contribution in [3.63, 3.8) is 0 Å². The van der Waals surface area contributed by atoms with E-state index >= 15 is 0 Å². The number of hydrogen-bond donors (Lipinski definition) is 1. The average molecular weight is 391 g/mol. The van der Waals surface area contributed by atoms with Gasteiger partial charge in [-0.15, -0.1) is 0 Å². The molecule has 140 valence electrons. The van der Waals surface area contributed by atoms with Crippen molar-refractivity contribution in [3.05, 3.63) is 65.4 Å². The number of ether oxygens (including phenoxy) is 1. The summed E-state index contributed by atoms with van der Waals surface area (Å²) < 4.78 is 4.73. The minimum atomic E-state index is -0.412. The maximum atomic E-state index is 13.2. The van der Waals surface area contributed by atoms with Gasteiger partial charge in [0.05, 0.1) is 24.9 Å². The van der Waals surface area contributed by atoms with Crippen molar-refractivity contribution in [2.45, 2.75) is 19.0 Å². The van der Waals surface area contributed by atoms with Crippen molar-refractivity contribution >= 4 is 45.8 Å². The molecule has 2 aliphatic rings. The largest absolute Gasteiger partial charge is 0.465 e. The van der Waals surface area contributed by atoms with Gasteiger partial charge in [-0.3, -0.25) is 9.69 Å². The summed E-state index contributed by atoms with van der Waals surface area (Å²) in [5.74, 6) is -0.448. The number of benzene rings is 2. The van der Waals surface area contributed by atoms with Crippen LogP contribution in [0.1, 0.15) is 21.6 Å². The molecule has 3 heterocycles. The Morgan fingerprint density at radius 3 is 2.68 bits per heavy atom. The molecule has 3 aromatic rings. The van der Waals surface area contributed by atoms with Crippen molar-refractivity contribution in [1.29, 1.82) is 0 Å². The number of methoxy groups -OCH3 is 1. The predicted molar refractivity (Wildman–Crippen MR) is 109 cm³/mol. The van der Waals surface area contributed by atoms with E-state index in [0.717, 1.165) is 16.6 Å². The Balaban J connectivity index is 1.48. The van der Waals surface area contributed by atoms with Crippen LogP contribution in [0.3, 0.4) is 0 Å². The lowest BCUT2D eigenvalue weighted by Crippen LogP contribution is -2.39. The number of nitrogens with one attached hydrogen (secondary N) is 1. The first-order valence-electron chi connectivity index (χ1n) is 9.00. The van der Waals surface area contributed by atoms with E-state index in [1.165, 1.54) is 12.7 Å². The fourth-order valence-corrected chi connectivity index (χ4v) is 4.49. The number of thiocarbonyl (C=S) groups is 1. The number of hydrogen-bond acceptors (Lipinski definition) is 4. The molecule has 1 aromatic heterocycles. The number of nitrogens with zero attached hydrogens (tertiary/aromatic N) is 2. The normalized spacial score (nSPS) is 18.4. The summed E-state index contributed by atoms with van der Waals surface area (Å²) in [7, 11) is 1.34. The molecule has 1 unspecified atom stereocenters. The first-order valence-corrected chi connectivity index (χ1v) is 9.40. The van der Waals surface area contributed by atoms with Gasteiger partial charge in [0.2, 0.25) is 0 Å². The number of anilines is 1. The quantitative estimate of drug-likeness (QED) is 0.537. The number of aromatic amines is 1. The molecule has 2 aliphatic heterocycles. The SMILES string of the molecule is COC(=O)c1ccc(N2C(=O)C3Cc4c([nH]c5ccccc45)CN3C2=S)cc1. The third-order valence-electron chi connectivity index (χ3n) is 5.49. The highest BCUT2D eigenvalue weighted by Gasteiger charge is 2.46. The summed E-state index contributed by atoms with van der Waals surface area (Å²) in [6.07, 6.45) is 0.620. The number of amides is 1. The maximum Gasteiger partial charge on any atom is 0.337 e. The predicted octanol–water partition coefficient (Wildman–Crippen LogP) is 3.01. The molecule has 0 aliphatic carbocycles. The van der Waals surface area contributed by atoms with Crippen molar-refractivity contribution in [2.24, 2.45) is 0 Å². The zero-order chi connectivity index (χ0) is 19.4. The fraction of sp³-hybridized carbons (Fsp3) is 0.190. The molecule has 28 heavy (non-hydrogen) atoms. The molecule has 1 N–H and O–H groups in total. The Kier molecular flexibility index (Phi) is 3.73. The van der Waals surface area contributed by atoms with Gasteiger partial charge >= 0.3 is 5.97 Å². The molecule has 0 saturated carbocycles. The minimum absolute atomic E-state index is 0.0354. The van der Waals surface area contributed by atoms with E-state index in [9.17, 15) is 9.59 Å². The van der Waals surface area contributed by atoms with Crippen LogP contribution in [0.2, 0.25) is 0 Å². The molecule has 1 fully saturated rings. The summed E-state index contributed by atoms with van der Waals surface area (Å²) in [5, 5.41) is 1.65. The van der Waals surface area contributed by atoms with Crippen LogP contribution in [0.25, 0.3) is 10.9 Å². The fourth-order valence-electron chi connectivity index (χ4n) is 4.10. The van der Waals surface area contributed by atoms with Crippen LogP contribution in [0.4, 0.5) is 5.69 Å². The highest BCUT2D eigenvalue weighted by Crippen LogP contribution is 2.36. The highest BCUT2D eigenvalue weighted by molar-refractivity contribution is 7.80. The van der Waals surface area contributed by atoms with Gasteiger partial charge in [-0.1, -0.05) is 18.2 Å². The number of carbonyl (C=O) groups excluding carboxylic acids is 2. The van der Waals surface area contributed by atoms with Crippen LogP contribution in [-0.2, 0) is 22.5 Å². The summed E-state index contributed by atoms with van der Waals surface area (Å²) in [6.45, 7) is 0.579. The number of aromatic nitrogens is 1. The number of esters is 1. The van der Waals surface area contributed by atoms with Gasteiger partial charge in [0, 0.05) is 23.0 Å². The molecular formula is C21H17N3O3S. The van der Waals surface area contributed by atoms with Crippen LogP contribution in [0.5, 0.6) is 0 Å². The molecular weight excluding hydrogens is 374 g/mol. The number of rotatable bonds is 2. The average Bonchev–Trinajstić information content (AvgIpc) is 3.21. The standard InChI is InChI=1S/C21H17N3O3S/c1-27-20(26)12-6-8-13(9-7-12)24-19(25)18-10-15-14-4-2-3-5-16(14)22-17(15)11-23(18)21(24)28/h2-9,18,22H,10-11H2,1H3. The zero-order valence-electron chi connectivity index (χ0n) is 15.1. The van der Waals surface area contributed by atoms with Crippen LogP contribution >= 0.6 is 12.2 Å². The minimum Gasteiger partial charge on any atom is -0.465 e. The van der Waals surface area contributed by atoms with Gasteiger partial charge in [-0.2, -0.15) is 0 Å². The first-order chi connectivity index (χ1) is 13.6. The monoisotopic (exact) mass is 391 g/mol. The Bertz CT molecular complexity index is 1140. The summed E-state index contributed by atoms with van der Waals surface area (Å²) in [5.41, 5.74) is 4.47. The van der Waals surface area contributed by atoms with Gasteiger partial charge in [0.15, 0.2) is 5.11 Å². The molecule has 7 heteroatoms. The second-order valence-corrected chi connectivity index (χ2v) is 7.34. The van der Waals surface area contributed by atoms with E-state index in [4.69, 9.17) is 17.0 Å². The van der Waals surface area contributed by atoms with E-state index in [-0.39, 0.29) is 11.9 Å². The van der Waals surface area contributed by atoms with E-state index in [1.54, 1.807) is 29.2 Å². The lowest BCUT2D eigenvalue weighted by Gasteiger charge is -2.28. The number of carbonyl (C=O) groups is 2. The van der Waals surface area contributed by atoms with Crippen molar-refractivity contribution in [1.82, 2.24) is 9.88 Å². The van der Waals surface area contributed by atoms with Gasteiger partial charge in [0.25, 0.3) is 5.91 Å². The molecule has 0 bridgehead atoms. The Labute approximate surface area is 166 Å². The second-order valence-electron chi connectivity index (χ2n) is 6.97. The topological polar surface area (TPSA) is 65.6 Å². The van der Waals surface area contributed by atoms with Crippen LogP contribution in [-0.4, -0.2) is 40.0 Å². The van der Waals surface area contributed by atoms with E-state index < -0.39 is 5.97 Å². The molecule has 1 amide bonds. The van der Waals surface area contributed by atoms with Crippen molar-refractivity contribution < 1.29 is 14.3 Å². The molecule has 1 atom stereocenters. The maximum absolute atomic E-state index is 13.2. The number of para-hydroxylation sites is 1. The number of H-pyrrole nitrogens is 1. The smallest absolute Gasteiger partial charge is 0.337 e.